The Morgan fingerprint density at radius 3 is 2.33 bits per heavy atom. The highest BCUT2D eigenvalue weighted by Gasteiger charge is 2.23. The average Bonchev–Trinajstić information content (AvgIpc) is 2.66. The quantitative estimate of drug-likeness (QED) is 0.868. The molecular weight excluding hydrogens is 290 g/mol. The summed E-state index contributed by atoms with van der Waals surface area (Å²) in [4.78, 5) is 31.2. The van der Waals surface area contributed by atoms with Gasteiger partial charge in [0.15, 0.2) is 5.13 Å². The third-order valence-electron chi connectivity index (χ3n) is 2.55. The number of likely N-dealkylation sites (N-methyl/N-ethyl adjacent to an activating group) is 2. The van der Waals surface area contributed by atoms with Crippen LogP contribution in [0.15, 0.2) is 0 Å². The first kappa shape index (κ1) is 17.2. The van der Waals surface area contributed by atoms with Crippen molar-refractivity contribution in [1.29, 1.82) is 0 Å². The molecule has 8 heteroatoms. The SMILES string of the molecule is CN(C)C(=O)CN(C)C(=O)c1sc(NC(C)(C)C)nc1N. The molecule has 1 aromatic heterocycles. The van der Waals surface area contributed by atoms with Gasteiger partial charge in [-0.3, -0.25) is 9.59 Å². The van der Waals surface area contributed by atoms with E-state index in [-0.39, 0.29) is 29.7 Å². The maximum absolute atomic E-state index is 12.3. The van der Waals surface area contributed by atoms with Crippen LogP contribution in [0.25, 0.3) is 0 Å². The predicted molar refractivity (Wildman–Crippen MR) is 85.6 cm³/mol. The zero-order chi connectivity index (χ0) is 16.4. The Balaban J connectivity index is 2.85. The molecule has 0 aliphatic rings. The van der Waals surface area contributed by atoms with E-state index >= 15 is 0 Å². The Hall–Kier alpha value is -1.83. The molecule has 21 heavy (non-hydrogen) atoms. The molecule has 0 radical (unpaired) electrons. The zero-order valence-electron chi connectivity index (χ0n) is 13.4. The van der Waals surface area contributed by atoms with Crippen molar-refractivity contribution in [3.8, 4) is 0 Å². The van der Waals surface area contributed by atoms with Gasteiger partial charge in [-0.25, -0.2) is 4.98 Å². The monoisotopic (exact) mass is 313 g/mol. The number of anilines is 2. The number of nitrogen functional groups attached to an aromatic ring is 1. The summed E-state index contributed by atoms with van der Waals surface area (Å²) >= 11 is 1.19. The van der Waals surface area contributed by atoms with Crippen molar-refractivity contribution in [1.82, 2.24) is 14.8 Å². The molecule has 0 aliphatic carbocycles. The first-order valence-corrected chi connectivity index (χ1v) is 7.33. The van der Waals surface area contributed by atoms with Crippen molar-refractivity contribution in [3.63, 3.8) is 0 Å². The minimum atomic E-state index is -0.304. The number of hydrogen-bond donors (Lipinski definition) is 2. The van der Waals surface area contributed by atoms with Crippen LogP contribution in [0.5, 0.6) is 0 Å². The topological polar surface area (TPSA) is 91.6 Å². The molecule has 0 aromatic carbocycles. The van der Waals surface area contributed by atoms with Gasteiger partial charge >= 0.3 is 0 Å². The molecular formula is C13H23N5O2S. The maximum Gasteiger partial charge on any atom is 0.268 e. The number of nitrogens with two attached hydrogens (primary N) is 1. The molecule has 2 amide bonds. The molecule has 1 aromatic rings. The molecule has 0 aliphatic heterocycles. The van der Waals surface area contributed by atoms with Crippen molar-refractivity contribution in [3.05, 3.63) is 4.88 Å². The number of carbonyl (C=O) groups is 2. The molecule has 0 atom stereocenters. The number of amides is 2. The maximum atomic E-state index is 12.3. The Kier molecular flexibility index (Phi) is 5.16. The molecule has 0 fully saturated rings. The molecule has 118 valence electrons. The van der Waals surface area contributed by atoms with Gasteiger partial charge in [0, 0.05) is 26.7 Å². The number of rotatable bonds is 4. The van der Waals surface area contributed by atoms with Crippen molar-refractivity contribution in [2.45, 2.75) is 26.3 Å². The second-order valence-corrected chi connectivity index (χ2v) is 7.06. The van der Waals surface area contributed by atoms with E-state index in [4.69, 9.17) is 5.73 Å². The molecule has 0 unspecified atom stereocenters. The molecule has 7 nitrogen and oxygen atoms in total. The lowest BCUT2D eigenvalue weighted by Gasteiger charge is -2.19. The van der Waals surface area contributed by atoms with Crippen LogP contribution in [-0.4, -0.2) is 59.8 Å². The standard InChI is InChI=1S/C13H23N5O2S/c1-13(2,3)16-12-15-10(14)9(21-12)11(20)18(6)7-8(19)17(4)5/h7,14H2,1-6H3,(H,15,16). The fourth-order valence-electron chi connectivity index (χ4n) is 1.45. The van der Waals surface area contributed by atoms with E-state index in [1.807, 2.05) is 20.8 Å². The summed E-state index contributed by atoms with van der Waals surface area (Å²) in [5.74, 6) is -0.273. The zero-order valence-corrected chi connectivity index (χ0v) is 14.2. The van der Waals surface area contributed by atoms with Crippen LogP contribution in [-0.2, 0) is 4.79 Å². The van der Waals surface area contributed by atoms with Crippen LogP contribution in [0.1, 0.15) is 30.4 Å². The van der Waals surface area contributed by atoms with Crippen LogP contribution in [0.3, 0.4) is 0 Å². The van der Waals surface area contributed by atoms with E-state index in [1.54, 1.807) is 21.1 Å². The van der Waals surface area contributed by atoms with E-state index in [0.29, 0.717) is 10.0 Å². The first-order chi connectivity index (χ1) is 9.51. The number of hydrogen-bond acceptors (Lipinski definition) is 6. The number of thiazole rings is 1. The van der Waals surface area contributed by atoms with E-state index in [9.17, 15) is 9.59 Å². The van der Waals surface area contributed by atoms with Crippen molar-refractivity contribution in [2.75, 3.05) is 38.7 Å². The van der Waals surface area contributed by atoms with Crippen molar-refractivity contribution >= 4 is 34.1 Å². The highest BCUT2D eigenvalue weighted by Crippen LogP contribution is 2.28. The van der Waals surface area contributed by atoms with Crippen molar-refractivity contribution < 1.29 is 9.59 Å². The number of carbonyl (C=O) groups excluding carboxylic acids is 2. The molecule has 0 bridgehead atoms. The van der Waals surface area contributed by atoms with Gasteiger partial charge < -0.3 is 20.9 Å². The van der Waals surface area contributed by atoms with Gasteiger partial charge in [0.2, 0.25) is 5.91 Å². The van der Waals surface area contributed by atoms with Gasteiger partial charge in [0.05, 0.1) is 6.54 Å². The highest BCUT2D eigenvalue weighted by atomic mass is 32.1. The third-order valence-corrected chi connectivity index (χ3v) is 3.52. The lowest BCUT2D eigenvalue weighted by atomic mass is 10.1. The van der Waals surface area contributed by atoms with Crippen molar-refractivity contribution in [2.24, 2.45) is 0 Å². The van der Waals surface area contributed by atoms with Crippen LogP contribution < -0.4 is 11.1 Å². The predicted octanol–water partition coefficient (Wildman–Crippen LogP) is 1.10. The summed E-state index contributed by atoms with van der Waals surface area (Å²) in [5, 5.41) is 3.77. The summed E-state index contributed by atoms with van der Waals surface area (Å²) in [6.07, 6.45) is 0. The summed E-state index contributed by atoms with van der Waals surface area (Å²) in [6.45, 7) is 5.99. The Labute approximate surface area is 129 Å². The van der Waals surface area contributed by atoms with E-state index < -0.39 is 0 Å². The normalized spacial score (nSPS) is 11.1. The van der Waals surface area contributed by atoms with Gasteiger partial charge in [-0.1, -0.05) is 11.3 Å². The molecule has 0 saturated heterocycles. The smallest absolute Gasteiger partial charge is 0.268 e. The van der Waals surface area contributed by atoms with E-state index in [2.05, 4.69) is 10.3 Å². The molecule has 3 N–H and O–H groups in total. The minimum Gasteiger partial charge on any atom is -0.382 e. The van der Waals surface area contributed by atoms with Gasteiger partial charge in [0.1, 0.15) is 10.7 Å². The highest BCUT2D eigenvalue weighted by molar-refractivity contribution is 7.18. The summed E-state index contributed by atoms with van der Waals surface area (Å²) in [7, 11) is 4.86. The van der Waals surface area contributed by atoms with Gasteiger partial charge in [-0.05, 0) is 20.8 Å². The Bertz CT molecular complexity index is 533. The summed E-state index contributed by atoms with van der Waals surface area (Å²) < 4.78 is 0. The van der Waals surface area contributed by atoms with E-state index in [1.165, 1.54) is 21.1 Å². The minimum absolute atomic E-state index is 0.00516. The first-order valence-electron chi connectivity index (χ1n) is 6.51. The lowest BCUT2D eigenvalue weighted by molar-refractivity contribution is -0.129. The number of nitrogens with one attached hydrogen (secondary N) is 1. The second-order valence-electron chi connectivity index (χ2n) is 6.06. The van der Waals surface area contributed by atoms with Gasteiger partial charge in [-0.15, -0.1) is 0 Å². The second kappa shape index (κ2) is 6.30. The van der Waals surface area contributed by atoms with Gasteiger partial charge in [-0.2, -0.15) is 0 Å². The fourth-order valence-corrected chi connectivity index (χ4v) is 2.54. The average molecular weight is 313 g/mol. The fraction of sp³-hybridized carbons (Fsp3) is 0.615. The number of aromatic nitrogens is 1. The number of nitrogens with zero attached hydrogens (tertiary/aromatic N) is 3. The largest absolute Gasteiger partial charge is 0.382 e. The van der Waals surface area contributed by atoms with Crippen LogP contribution in [0.4, 0.5) is 10.9 Å². The molecule has 1 rings (SSSR count). The van der Waals surface area contributed by atoms with E-state index in [0.717, 1.165) is 0 Å². The Morgan fingerprint density at radius 1 is 1.29 bits per heavy atom. The van der Waals surface area contributed by atoms with Crippen LogP contribution >= 0.6 is 11.3 Å². The summed E-state index contributed by atoms with van der Waals surface area (Å²) in [6, 6.07) is 0. The molecule has 0 spiro atoms. The summed E-state index contributed by atoms with van der Waals surface area (Å²) in [5.41, 5.74) is 5.64. The molecule has 1 heterocycles. The Morgan fingerprint density at radius 2 is 1.86 bits per heavy atom. The van der Waals surface area contributed by atoms with Gasteiger partial charge in [0.25, 0.3) is 5.91 Å². The van der Waals surface area contributed by atoms with Crippen LogP contribution in [0.2, 0.25) is 0 Å². The lowest BCUT2D eigenvalue weighted by Crippen LogP contribution is -2.37. The molecule has 0 saturated carbocycles. The van der Waals surface area contributed by atoms with Crippen LogP contribution in [0, 0.1) is 0 Å². The third kappa shape index (κ3) is 4.89.